The van der Waals surface area contributed by atoms with Crippen LogP contribution in [0, 0.1) is 11.3 Å². The number of carbonyl (C=O) groups excluding carboxylic acids is 1. The number of nitrogen functional groups attached to an aromatic ring is 1. The zero-order valence-corrected chi connectivity index (χ0v) is 28.9. The number of nitrogens with zero attached hydrogens (tertiary/aromatic N) is 4. The van der Waals surface area contributed by atoms with Gasteiger partial charge in [0.1, 0.15) is 54.6 Å². The second kappa shape index (κ2) is 13.0. The summed E-state index contributed by atoms with van der Waals surface area (Å²) >= 11 is 0. The minimum atomic E-state index is -4.39. The van der Waals surface area contributed by atoms with Crippen molar-refractivity contribution < 1.29 is 42.1 Å². The Morgan fingerprint density at radius 1 is 1.16 bits per heavy atom. The molecule has 15 nitrogen and oxygen atoms in total. The van der Waals surface area contributed by atoms with Crippen LogP contribution in [0.3, 0.4) is 0 Å². The van der Waals surface area contributed by atoms with E-state index in [1.165, 1.54) is 24.9 Å². The van der Waals surface area contributed by atoms with E-state index in [4.69, 9.17) is 38.5 Å². The van der Waals surface area contributed by atoms with Gasteiger partial charge in [-0.15, -0.1) is 0 Å². The van der Waals surface area contributed by atoms with Crippen molar-refractivity contribution in [2.24, 2.45) is 0 Å². The van der Waals surface area contributed by atoms with E-state index < -0.39 is 61.7 Å². The number of nitrogens with one attached hydrogen (secondary N) is 1. The Kier molecular flexibility index (Phi) is 9.18. The summed E-state index contributed by atoms with van der Waals surface area (Å²) in [5, 5.41) is 19.2. The second-order valence-electron chi connectivity index (χ2n) is 13.0. The minimum Gasteiger partial charge on any atom is -0.461 e. The Morgan fingerprint density at radius 2 is 1.92 bits per heavy atom. The fraction of sp³-hybridized carbons (Fsp3) is 0.455. The number of benzene rings is 2. The van der Waals surface area contributed by atoms with Gasteiger partial charge in [0.25, 0.3) is 0 Å². The summed E-state index contributed by atoms with van der Waals surface area (Å²) in [4.78, 5) is 17.1. The first kappa shape index (κ1) is 34.7. The van der Waals surface area contributed by atoms with Gasteiger partial charge in [0.2, 0.25) is 5.60 Å². The Morgan fingerprint density at radius 3 is 2.67 bits per heavy atom. The lowest BCUT2D eigenvalue weighted by atomic mass is 9.92. The molecule has 2 aromatic carbocycles. The molecular weight excluding hydrogens is 655 g/mol. The fourth-order valence-corrected chi connectivity index (χ4v) is 7.37. The summed E-state index contributed by atoms with van der Waals surface area (Å²) in [6.07, 6.45) is -1.51. The van der Waals surface area contributed by atoms with Gasteiger partial charge in [0.15, 0.2) is 11.6 Å². The van der Waals surface area contributed by atoms with Crippen LogP contribution in [0.25, 0.3) is 16.3 Å². The molecule has 2 aromatic heterocycles. The average Bonchev–Trinajstić information content (AvgIpc) is 3.73. The van der Waals surface area contributed by atoms with E-state index in [0.29, 0.717) is 16.6 Å². The highest BCUT2D eigenvalue weighted by Gasteiger charge is 2.65. The van der Waals surface area contributed by atoms with Gasteiger partial charge < -0.3 is 33.9 Å². The fourth-order valence-electron chi connectivity index (χ4n) is 5.85. The molecule has 2 aliphatic rings. The highest BCUT2D eigenvalue weighted by Crippen LogP contribution is 2.52. The largest absolute Gasteiger partial charge is 0.461 e. The molecule has 1 unspecified atom stereocenters. The normalized spacial score (nSPS) is 25.0. The molecule has 0 spiro atoms. The Balaban J connectivity index is 1.31. The molecule has 3 N–H and O–H groups in total. The molecule has 0 bridgehead atoms. The van der Waals surface area contributed by atoms with Crippen molar-refractivity contribution in [2.75, 3.05) is 26.1 Å². The van der Waals surface area contributed by atoms with E-state index in [1.54, 1.807) is 52.0 Å². The number of hydrogen-bond acceptors (Lipinski definition) is 13. The molecule has 6 atom stereocenters. The molecule has 0 aliphatic carbocycles. The maximum Gasteiger partial charge on any atom is 0.459 e. The molecule has 49 heavy (non-hydrogen) atoms. The number of anilines is 1. The molecule has 0 amide bonds. The number of rotatable bonds is 12. The van der Waals surface area contributed by atoms with Crippen molar-refractivity contribution >= 4 is 35.8 Å². The molecule has 16 heteroatoms. The first-order valence-electron chi connectivity index (χ1n) is 15.6. The lowest BCUT2D eigenvalue weighted by Gasteiger charge is -2.29. The topological polar surface area (TPSA) is 191 Å². The van der Waals surface area contributed by atoms with Gasteiger partial charge in [-0.25, -0.2) is 14.1 Å². The van der Waals surface area contributed by atoms with Crippen LogP contribution in [0.15, 0.2) is 60.9 Å². The number of esters is 1. The lowest BCUT2D eigenvalue weighted by Crippen LogP contribution is -2.40. The third-order valence-electron chi connectivity index (χ3n) is 8.46. The van der Waals surface area contributed by atoms with Crippen molar-refractivity contribution in [3.63, 3.8) is 0 Å². The molecule has 4 heterocycles. The van der Waals surface area contributed by atoms with Crippen LogP contribution in [-0.4, -0.2) is 76.6 Å². The van der Waals surface area contributed by atoms with Crippen molar-refractivity contribution in [3.05, 3.63) is 66.6 Å². The van der Waals surface area contributed by atoms with Crippen molar-refractivity contribution in [1.29, 1.82) is 5.26 Å². The van der Waals surface area contributed by atoms with Crippen LogP contribution in [0.5, 0.6) is 5.75 Å². The minimum absolute atomic E-state index is 0.0446. The lowest BCUT2D eigenvalue weighted by molar-refractivity contribution is -0.204. The summed E-state index contributed by atoms with van der Waals surface area (Å²) < 4.78 is 57.9. The maximum absolute atomic E-state index is 14.6. The molecule has 0 saturated carbocycles. The van der Waals surface area contributed by atoms with Crippen LogP contribution in [0.2, 0.25) is 0 Å². The Labute approximate surface area is 283 Å². The molecule has 2 aliphatic heterocycles. The number of carbonyl (C=O) groups is 1. The van der Waals surface area contributed by atoms with Crippen LogP contribution in [-0.2, 0) is 43.2 Å². The summed E-state index contributed by atoms with van der Waals surface area (Å²) in [7, 11) is -2.88. The van der Waals surface area contributed by atoms with Crippen LogP contribution >= 0.6 is 7.75 Å². The van der Waals surface area contributed by atoms with E-state index in [1.807, 2.05) is 30.3 Å². The van der Waals surface area contributed by atoms with E-state index in [2.05, 4.69) is 21.2 Å². The van der Waals surface area contributed by atoms with Crippen LogP contribution in [0.4, 0.5) is 5.82 Å². The number of nitrogens with two attached hydrogens (primary N) is 1. The number of fused-ring (bicyclic) bond motifs is 3. The summed E-state index contributed by atoms with van der Waals surface area (Å²) in [6.45, 7) is 8.01. The van der Waals surface area contributed by atoms with Crippen LogP contribution < -0.4 is 15.3 Å². The molecule has 6 rings (SSSR count). The number of aromatic nitrogens is 3. The van der Waals surface area contributed by atoms with Gasteiger partial charge in [-0.2, -0.15) is 15.4 Å². The number of nitriles is 1. The Hall–Kier alpha value is -4.13. The number of ether oxygens (including phenoxy) is 5. The monoisotopic (exact) mass is 694 g/mol. The van der Waals surface area contributed by atoms with Crippen molar-refractivity contribution in [1.82, 2.24) is 19.7 Å². The third kappa shape index (κ3) is 6.73. The third-order valence-corrected chi connectivity index (χ3v) is 10.1. The summed E-state index contributed by atoms with van der Waals surface area (Å²) in [5.41, 5.74) is 4.40. The highest BCUT2D eigenvalue weighted by atomic mass is 31.2. The zero-order valence-electron chi connectivity index (χ0n) is 28.0. The SMILES string of the molecule is COC(C)(C)COC(=O)[C@H](C)NP(=O)(OC[C@H]1O[C@@](C#N)(c2ccc3c(N)ncnn23)[C@@H]2OC(C)(C)O[C@@H]21)Oc1cccc2ccccc12. The standard InChI is InChI=1S/C33H39N6O9P/c1-20(30(40)43-18-31(2,3)42-6)38-49(41,48-24-13-9-11-21-10-7-8-12-22(21)24)44-16-25-27-28(47-32(4,5)46-27)33(17-34,45-25)26-15-14-23-29(35)36-19-37-39(23)26/h7-15,19-20,25,27-28H,16,18H2,1-6H3,(H,38,41)(H2,35,36,37)/t20-,25+,27+,28+,33-,49?/m0/s1. The Bertz CT molecular complexity index is 1960. The molecule has 4 aromatic rings. The van der Waals surface area contributed by atoms with Gasteiger partial charge in [0, 0.05) is 12.5 Å². The number of hydrogen-bond donors (Lipinski definition) is 2. The summed E-state index contributed by atoms with van der Waals surface area (Å²) in [5.74, 6) is -1.34. The predicted octanol–water partition coefficient (Wildman–Crippen LogP) is 4.25. The van der Waals surface area contributed by atoms with Crippen molar-refractivity contribution in [3.8, 4) is 11.8 Å². The molecule has 0 radical (unpaired) electrons. The average molecular weight is 695 g/mol. The van der Waals surface area contributed by atoms with Gasteiger partial charge in [-0.1, -0.05) is 36.4 Å². The molecule has 260 valence electrons. The van der Waals surface area contributed by atoms with E-state index in [0.717, 1.165) is 5.39 Å². The van der Waals surface area contributed by atoms with Gasteiger partial charge in [-0.05, 0) is 58.2 Å². The number of methoxy groups -OCH3 is 1. The smallest absolute Gasteiger partial charge is 0.459 e. The predicted molar refractivity (Wildman–Crippen MR) is 176 cm³/mol. The van der Waals surface area contributed by atoms with E-state index >= 15 is 0 Å². The van der Waals surface area contributed by atoms with Crippen molar-refractivity contribution in [2.45, 2.75) is 76.0 Å². The second-order valence-corrected chi connectivity index (χ2v) is 14.7. The van der Waals surface area contributed by atoms with Gasteiger partial charge in [-0.3, -0.25) is 9.32 Å². The van der Waals surface area contributed by atoms with Gasteiger partial charge >= 0.3 is 13.7 Å². The highest BCUT2D eigenvalue weighted by molar-refractivity contribution is 7.52. The molecule has 2 fully saturated rings. The molecular formula is C33H39N6O9P. The quantitative estimate of drug-likeness (QED) is 0.158. The van der Waals surface area contributed by atoms with E-state index in [-0.39, 0.29) is 18.2 Å². The first-order valence-corrected chi connectivity index (χ1v) is 17.2. The van der Waals surface area contributed by atoms with E-state index in [9.17, 15) is 14.6 Å². The maximum atomic E-state index is 14.6. The summed E-state index contributed by atoms with van der Waals surface area (Å²) in [6, 6.07) is 17.2. The van der Waals surface area contributed by atoms with Crippen LogP contribution in [0.1, 0.15) is 40.3 Å². The first-order chi connectivity index (χ1) is 23.2. The zero-order chi connectivity index (χ0) is 35.2. The van der Waals surface area contributed by atoms with Gasteiger partial charge in [0.05, 0.1) is 17.9 Å². The molecule has 2 saturated heterocycles.